The van der Waals surface area contributed by atoms with E-state index in [1.807, 2.05) is 0 Å². The molecule has 4 rings (SSSR count). The molecular weight excluding hydrogens is 373 g/mol. The molecule has 28 heavy (non-hydrogen) atoms. The monoisotopic (exact) mass is 392 g/mol. The molecule has 0 bridgehead atoms. The van der Waals surface area contributed by atoms with Crippen LogP contribution in [-0.4, -0.2) is 43.5 Å². The maximum atomic E-state index is 13.4. The molecule has 7 nitrogen and oxygen atoms in total. The van der Waals surface area contributed by atoms with E-state index >= 15 is 0 Å². The number of halogens is 3. The summed E-state index contributed by atoms with van der Waals surface area (Å²) in [5.74, 6) is 0.227. The Morgan fingerprint density at radius 1 is 1.21 bits per heavy atom. The van der Waals surface area contributed by atoms with Gasteiger partial charge < -0.3 is 15.3 Å². The molecule has 4 heterocycles. The van der Waals surface area contributed by atoms with Gasteiger partial charge in [-0.15, -0.1) is 0 Å². The number of nitrogens with one attached hydrogen (secondary N) is 1. The normalized spacial score (nSPS) is 19.0. The van der Waals surface area contributed by atoms with E-state index in [9.17, 15) is 18.3 Å². The quantitative estimate of drug-likeness (QED) is 0.664. The number of alkyl halides is 3. The summed E-state index contributed by atoms with van der Waals surface area (Å²) in [6.45, 7) is 0.285. The second-order valence-electron chi connectivity index (χ2n) is 6.69. The van der Waals surface area contributed by atoms with Gasteiger partial charge in [0.05, 0.1) is 23.6 Å². The van der Waals surface area contributed by atoms with Crippen molar-refractivity contribution in [3.63, 3.8) is 0 Å². The van der Waals surface area contributed by atoms with Crippen molar-refractivity contribution in [3.8, 4) is 0 Å². The molecule has 0 amide bonds. The van der Waals surface area contributed by atoms with Gasteiger partial charge in [0, 0.05) is 18.9 Å². The van der Waals surface area contributed by atoms with Gasteiger partial charge in [-0.2, -0.15) is 18.3 Å². The van der Waals surface area contributed by atoms with Crippen LogP contribution in [0, 0.1) is 0 Å². The van der Waals surface area contributed by atoms with E-state index in [-0.39, 0.29) is 18.8 Å². The van der Waals surface area contributed by atoms with Crippen molar-refractivity contribution in [2.75, 3.05) is 16.8 Å². The predicted molar refractivity (Wildman–Crippen MR) is 96.8 cm³/mol. The minimum atomic E-state index is -4.32. The molecule has 2 N–H and O–H groups in total. The fraction of sp³-hybridized carbons (Fsp3) is 0.389. The molecule has 0 aromatic carbocycles. The summed E-state index contributed by atoms with van der Waals surface area (Å²) < 4.78 is 41.7. The first-order valence-electron chi connectivity index (χ1n) is 8.96. The zero-order chi connectivity index (χ0) is 19.7. The Bertz CT molecular complexity index is 945. The van der Waals surface area contributed by atoms with Crippen molar-refractivity contribution >= 4 is 17.2 Å². The molecule has 1 aliphatic heterocycles. The number of anilines is 2. The van der Waals surface area contributed by atoms with E-state index in [4.69, 9.17) is 0 Å². The van der Waals surface area contributed by atoms with Gasteiger partial charge in [0.15, 0.2) is 11.9 Å². The van der Waals surface area contributed by atoms with Gasteiger partial charge in [-0.25, -0.2) is 9.50 Å². The fourth-order valence-electron chi connectivity index (χ4n) is 3.46. The number of aromatic nitrogens is 4. The van der Waals surface area contributed by atoms with Crippen LogP contribution in [0.4, 0.5) is 24.7 Å². The van der Waals surface area contributed by atoms with Crippen LogP contribution in [-0.2, 0) is 0 Å². The molecule has 0 aliphatic carbocycles. The van der Waals surface area contributed by atoms with E-state index in [2.05, 4.69) is 20.4 Å². The second-order valence-corrected chi connectivity index (χ2v) is 6.69. The molecule has 1 fully saturated rings. The highest BCUT2D eigenvalue weighted by molar-refractivity contribution is 5.56. The van der Waals surface area contributed by atoms with E-state index in [0.717, 1.165) is 0 Å². The number of aliphatic hydroxyl groups is 1. The predicted octanol–water partition coefficient (Wildman–Crippen LogP) is 3.15. The first-order chi connectivity index (χ1) is 13.4. The SMILES string of the molecule is OC(Nc1cccnc1)c1cnn2ccc(N3CCCCC3C(F)(F)F)nc12. The highest BCUT2D eigenvalue weighted by atomic mass is 19.4. The average molecular weight is 392 g/mol. The van der Waals surface area contributed by atoms with Crippen LogP contribution in [0.3, 0.4) is 0 Å². The number of nitrogens with zero attached hydrogens (tertiary/aromatic N) is 5. The number of piperidine rings is 1. The van der Waals surface area contributed by atoms with Gasteiger partial charge in [0.2, 0.25) is 0 Å². The van der Waals surface area contributed by atoms with Gasteiger partial charge in [-0.05, 0) is 37.5 Å². The van der Waals surface area contributed by atoms with Crippen molar-refractivity contribution in [1.82, 2.24) is 19.6 Å². The lowest BCUT2D eigenvalue weighted by Gasteiger charge is -2.37. The summed E-state index contributed by atoms with van der Waals surface area (Å²) in [6, 6.07) is 3.42. The molecule has 148 valence electrons. The molecule has 3 aromatic heterocycles. The topological polar surface area (TPSA) is 78.6 Å². The van der Waals surface area contributed by atoms with Crippen molar-refractivity contribution < 1.29 is 18.3 Å². The number of pyridine rings is 1. The van der Waals surface area contributed by atoms with Crippen LogP contribution in [0.25, 0.3) is 5.65 Å². The van der Waals surface area contributed by atoms with Gasteiger partial charge >= 0.3 is 6.18 Å². The van der Waals surface area contributed by atoms with Crippen LogP contribution in [0.5, 0.6) is 0 Å². The number of fused-ring (bicyclic) bond motifs is 1. The van der Waals surface area contributed by atoms with Crippen LogP contribution < -0.4 is 10.2 Å². The Labute approximate surface area is 158 Å². The Balaban J connectivity index is 1.66. The molecular formula is C18H19F3N6O. The lowest BCUT2D eigenvalue weighted by molar-refractivity contribution is -0.152. The number of hydrogen-bond acceptors (Lipinski definition) is 6. The van der Waals surface area contributed by atoms with E-state index in [0.29, 0.717) is 29.7 Å². The van der Waals surface area contributed by atoms with Gasteiger partial charge in [-0.3, -0.25) is 4.98 Å². The third-order valence-electron chi connectivity index (χ3n) is 4.82. The molecule has 0 spiro atoms. The lowest BCUT2D eigenvalue weighted by atomic mass is 10.0. The second kappa shape index (κ2) is 7.27. The Morgan fingerprint density at radius 3 is 2.82 bits per heavy atom. The smallest absolute Gasteiger partial charge is 0.369 e. The minimum absolute atomic E-state index is 0.0493. The van der Waals surface area contributed by atoms with E-state index in [1.165, 1.54) is 21.7 Å². The third-order valence-corrected chi connectivity index (χ3v) is 4.82. The molecule has 0 saturated carbocycles. The molecule has 1 saturated heterocycles. The first kappa shape index (κ1) is 18.5. The molecule has 1 aliphatic rings. The molecule has 3 aromatic rings. The van der Waals surface area contributed by atoms with Crippen LogP contribution in [0.15, 0.2) is 43.0 Å². The van der Waals surface area contributed by atoms with Crippen molar-refractivity contribution in [1.29, 1.82) is 0 Å². The minimum Gasteiger partial charge on any atom is -0.369 e. The van der Waals surface area contributed by atoms with Crippen LogP contribution in [0.2, 0.25) is 0 Å². The highest BCUT2D eigenvalue weighted by Gasteiger charge is 2.45. The van der Waals surface area contributed by atoms with E-state index in [1.54, 1.807) is 30.7 Å². The Kier molecular flexibility index (Phi) is 4.80. The van der Waals surface area contributed by atoms with Crippen molar-refractivity contribution in [3.05, 3.63) is 48.5 Å². The summed E-state index contributed by atoms with van der Waals surface area (Å²) >= 11 is 0. The Hall–Kier alpha value is -2.88. The molecule has 2 atom stereocenters. The maximum Gasteiger partial charge on any atom is 0.408 e. The van der Waals surface area contributed by atoms with Gasteiger partial charge in [0.1, 0.15) is 11.9 Å². The summed E-state index contributed by atoms with van der Waals surface area (Å²) in [4.78, 5) is 9.65. The standard InChI is InChI=1S/C18H19F3N6O/c19-18(20,21)14-5-1-2-8-26(14)15-6-9-27-16(25-15)13(11-23-27)17(28)24-12-4-3-7-22-10-12/h3-4,6-7,9-11,14,17,24,28H,1-2,5,8H2. The largest absolute Gasteiger partial charge is 0.408 e. The zero-order valence-corrected chi connectivity index (χ0v) is 14.8. The zero-order valence-electron chi connectivity index (χ0n) is 14.8. The molecule has 10 heteroatoms. The van der Waals surface area contributed by atoms with Crippen molar-refractivity contribution in [2.45, 2.75) is 37.7 Å². The van der Waals surface area contributed by atoms with Gasteiger partial charge in [0.25, 0.3) is 0 Å². The fourth-order valence-corrected chi connectivity index (χ4v) is 3.46. The Morgan fingerprint density at radius 2 is 2.07 bits per heavy atom. The third kappa shape index (κ3) is 3.59. The van der Waals surface area contributed by atoms with Crippen LogP contribution >= 0.6 is 0 Å². The summed E-state index contributed by atoms with van der Waals surface area (Å²) in [5, 5.41) is 17.5. The summed E-state index contributed by atoms with van der Waals surface area (Å²) in [6.07, 6.45) is 1.96. The molecule has 0 radical (unpaired) electrons. The lowest BCUT2D eigenvalue weighted by Crippen LogP contribution is -2.49. The van der Waals surface area contributed by atoms with E-state index < -0.39 is 18.4 Å². The number of aliphatic hydroxyl groups excluding tert-OH is 1. The average Bonchev–Trinajstić information content (AvgIpc) is 3.11. The van der Waals surface area contributed by atoms with Gasteiger partial charge in [-0.1, -0.05) is 0 Å². The highest BCUT2D eigenvalue weighted by Crippen LogP contribution is 2.34. The summed E-state index contributed by atoms with van der Waals surface area (Å²) in [7, 11) is 0. The number of rotatable bonds is 4. The number of hydrogen-bond donors (Lipinski definition) is 2. The molecule has 2 unspecified atom stereocenters. The first-order valence-corrected chi connectivity index (χ1v) is 8.96. The van der Waals surface area contributed by atoms with Crippen molar-refractivity contribution in [2.24, 2.45) is 0 Å². The summed E-state index contributed by atoms with van der Waals surface area (Å²) in [5.41, 5.74) is 1.26. The van der Waals surface area contributed by atoms with Crippen LogP contribution in [0.1, 0.15) is 31.1 Å². The maximum absolute atomic E-state index is 13.4.